The minimum atomic E-state index is -0.913. The van der Waals surface area contributed by atoms with Crippen molar-refractivity contribution in [2.45, 2.75) is 31.3 Å². The van der Waals surface area contributed by atoms with Gasteiger partial charge in [-0.25, -0.2) is 4.98 Å². The number of amides is 2. The number of piperidine rings is 1. The molecule has 4 rings (SSSR count). The molecule has 0 bridgehead atoms. The zero-order valence-electron chi connectivity index (χ0n) is 18.9. The molecular formula is C25H31N3O5. The minimum absolute atomic E-state index is 0.0467. The maximum Gasteiger partial charge on any atom is 0.260 e. The molecule has 2 aromatic rings. The summed E-state index contributed by atoms with van der Waals surface area (Å²) >= 11 is 0. The van der Waals surface area contributed by atoms with Gasteiger partial charge in [-0.1, -0.05) is 24.3 Å². The highest BCUT2D eigenvalue weighted by atomic mass is 16.5. The van der Waals surface area contributed by atoms with Crippen LogP contribution in [0.1, 0.15) is 25.7 Å². The summed E-state index contributed by atoms with van der Waals surface area (Å²) in [5.74, 6) is 0.981. The lowest BCUT2D eigenvalue weighted by Gasteiger charge is -2.43. The Kier molecular flexibility index (Phi) is 7.78. The monoisotopic (exact) mass is 453 g/mol. The van der Waals surface area contributed by atoms with Gasteiger partial charge in [0.2, 0.25) is 11.8 Å². The van der Waals surface area contributed by atoms with E-state index in [2.05, 4.69) is 4.98 Å². The molecule has 2 aliphatic heterocycles. The van der Waals surface area contributed by atoms with E-state index in [1.54, 1.807) is 29.3 Å². The number of aromatic nitrogens is 1. The number of carbonyl (C=O) groups is 2. The molecule has 2 fully saturated rings. The smallest absolute Gasteiger partial charge is 0.260 e. The summed E-state index contributed by atoms with van der Waals surface area (Å²) in [6.07, 6.45) is 4.99. The van der Waals surface area contributed by atoms with Crippen molar-refractivity contribution in [3.63, 3.8) is 0 Å². The van der Waals surface area contributed by atoms with Gasteiger partial charge >= 0.3 is 0 Å². The second-order valence-corrected chi connectivity index (χ2v) is 8.52. The molecule has 1 aromatic carbocycles. The van der Waals surface area contributed by atoms with Crippen molar-refractivity contribution in [2.24, 2.45) is 0 Å². The SMILES string of the molecule is O=C(CC1(COc2ccccc2)CN(C(=O)COc2ccccn2)CCO1)N1CCCCC1. The molecule has 8 nitrogen and oxygen atoms in total. The predicted octanol–water partition coefficient (Wildman–Crippen LogP) is 2.54. The number of hydrogen-bond donors (Lipinski definition) is 0. The van der Waals surface area contributed by atoms with Crippen LogP contribution in [0.5, 0.6) is 11.6 Å². The number of morpholine rings is 1. The molecule has 33 heavy (non-hydrogen) atoms. The summed E-state index contributed by atoms with van der Waals surface area (Å²) in [5, 5.41) is 0. The first-order valence-corrected chi connectivity index (χ1v) is 11.5. The van der Waals surface area contributed by atoms with Crippen LogP contribution in [0.15, 0.2) is 54.7 Å². The summed E-state index contributed by atoms with van der Waals surface area (Å²) in [6, 6.07) is 14.8. The van der Waals surface area contributed by atoms with Gasteiger partial charge in [0.05, 0.1) is 19.6 Å². The van der Waals surface area contributed by atoms with E-state index in [4.69, 9.17) is 14.2 Å². The highest BCUT2D eigenvalue weighted by Crippen LogP contribution is 2.26. The Morgan fingerprint density at radius 1 is 0.909 bits per heavy atom. The molecule has 0 spiro atoms. The first kappa shape index (κ1) is 23.0. The summed E-state index contributed by atoms with van der Waals surface area (Å²) in [5.41, 5.74) is -0.913. The highest BCUT2D eigenvalue weighted by molar-refractivity contribution is 5.79. The number of rotatable bonds is 8. The Hall–Kier alpha value is -3.13. The fraction of sp³-hybridized carbons (Fsp3) is 0.480. The number of benzene rings is 1. The van der Waals surface area contributed by atoms with Gasteiger partial charge in [-0.3, -0.25) is 9.59 Å². The molecule has 176 valence electrons. The molecule has 3 heterocycles. The van der Waals surface area contributed by atoms with Gasteiger partial charge in [0, 0.05) is 31.9 Å². The molecule has 0 saturated carbocycles. The molecule has 2 aliphatic rings. The van der Waals surface area contributed by atoms with Gasteiger partial charge in [0.15, 0.2) is 6.61 Å². The van der Waals surface area contributed by atoms with Crippen molar-refractivity contribution in [1.82, 2.24) is 14.8 Å². The lowest BCUT2D eigenvalue weighted by Crippen LogP contribution is -2.59. The van der Waals surface area contributed by atoms with Crippen LogP contribution in [-0.4, -0.2) is 78.2 Å². The number of para-hydroxylation sites is 1. The minimum Gasteiger partial charge on any atom is -0.490 e. The molecule has 2 amide bonds. The molecule has 1 aromatic heterocycles. The maximum atomic E-state index is 13.1. The average Bonchev–Trinajstić information content (AvgIpc) is 2.88. The zero-order valence-corrected chi connectivity index (χ0v) is 18.9. The Morgan fingerprint density at radius 3 is 2.45 bits per heavy atom. The largest absolute Gasteiger partial charge is 0.490 e. The first-order valence-electron chi connectivity index (χ1n) is 11.5. The van der Waals surface area contributed by atoms with Crippen LogP contribution in [0.25, 0.3) is 0 Å². The fourth-order valence-electron chi connectivity index (χ4n) is 4.22. The second kappa shape index (κ2) is 11.1. The van der Waals surface area contributed by atoms with Gasteiger partial charge < -0.3 is 24.0 Å². The van der Waals surface area contributed by atoms with E-state index in [1.165, 1.54) is 0 Å². The molecule has 0 aliphatic carbocycles. The van der Waals surface area contributed by atoms with Crippen LogP contribution in [0.3, 0.4) is 0 Å². The van der Waals surface area contributed by atoms with E-state index < -0.39 is 5.60 Å². The van der Waals surface area contributed by atoms with E-state index in [9.17, 15) is 9.59 Å². The molecule has 0 N–H and O–H groups in total. The number of hydrogen-bond acceptors (Lipinski definition) is 6. The summed E-state index contributed by atoms with van der Waals surface area (Å²) < 4.78 is 17.7. The third-order valence-electron chi connectivity index (χ3n) is 6.01. The highest BCUT2D eigenvalue weighted by Gasteiger charge is 2.42. The third-order valence-corrected chi connectivity index (χ3v) is 6.01. The van der Waals surface area contributed by atoms with E-state index in [1.807, 2.05) is 35.2 Å². The Bertz CT molecular complexity index is 905. The quantitative estimate of drug-likeness (QED) is 0.611. The average molecular weight is 454 g/mol. The van der Waals surface area contributed by atoms with Gasteiger partial charge in [-0.15, -0.1) is 0 Å². The topological polar surface area (TPSA) is 81.2 Å². The van der Waals surface area contributed by atoms with Crippen LogP contribution in [0.2, 0.25) is 0 Å². The number of carbonyl (C=O) groups excluding carboxylic acids is 2. The normalized spacial score (nSPS) is 20.8. The first-order chi connectivity index (χ1) is 16.1. The van der Waals surface area contributed by atoms with Crippen molar-refractivity contribution in [1.29, 1.82) is 0 Å². The van der Waals surface area contributed by atoms with Crippen LogP contribution >= 0.6 is 0 Å². The Labute approximate surface area is 194 Å². The van der Waals surface area contributed by atoms with Crippen molar-refractivity contribution < 1.29 is 23.8 Å². The third kappa shape index (κ3) is 6.44. The van der Waals surface area contributed by atoms with E-state index in [-0.39, 0.29) is 38.0 Å². The summed E-state index contributed by atoms with van der Waals surface area (Å²) in [6.45, 7) is 2.65. The van der Waals surface area contributed by atoms with Gasteiger partial charge in [-0.2, -0.15) is 0 Å². The molecule has 2 saturated heterocycles. The standard InChI is InChI=1S/C25H31N3O5/c29-23(27-13-7-2-8-14-27)17-25(20-32-21-9-3-1-4-10-21)19-28(15-16-33-25)24(30)18-31-22-11-5-6-12-26-22/h1,3-6,9-12H,2,7-8,13-20H2. The Balaban J connectivity index is 1.43. The maximum absolute atomic E-state index is 13.1. The summed E-state index contributed by atoms with van der Waals surface area (Å²) in [7, 11) is 0. The number of pyridine rings is 1. The second-order valence-electron chi connectivity index (χ2n) is 8.52. The van der Waals surface area contributed by atoms with Crippen LogP contribution < -0.4 is 9.47 Å². The van der Waals surface area contributed by atoms with Crippen molar-refractivity contribution in [3.8, 4) is 11.6 Å². The number of nitrogens with zero attached hydrogens (tertiary/aromatic N) is 3. The van der Waals surface area contributed by atoms with E-state index in [0.29, 0.717) is 24.8 Å². The van der Waals surface area contributed by atoms with Crippen molar-refractivity contribution in [3.05, 3.63) is 54.7 Å². The molecular weight excluding hydrogens is 422 g/mol. The van der Waals surface area contributed by atoms with Crippen molar-refractivity contribution in [2.75, 3.05) is 46.0 Å². The van der Waals surface area contributed by atoms with Gasteiger partial charge in [0.25, 0.3) is 5.91 Å². The Morgan fingerprint density at radius 2 is 1.70 bits per heavy atom. The number of likely N-dealkylation sites (tertiary alicyclic amines) is 1. The van der Waals surface area contributed by atoms with Crippen molar-refractivity contribution >= 4 is 11.8 Å². The van der Waals surface area contributed by atoms with Crippen LogP contribution in [-0.2, 0) is 14.3 Å². The number of ether oxygens (including phenoxy) is 3. The van der Waals surface area contributed by atoms with Gasteiger partial charge in [0.1, 0.15) is 18.0 Å². The lowest BCUT2D eigenvalue weighted by molar-refractivity contribution is -0.167. The molecule has 8 heteroatoms. The van der Waals surface area contributed by atoms with E-state index >= 15 is 0 Å². The fourth-order valence-corrected chi connectivity index (χ4v) is 4.22. The lowest BCUT2D eigenvalue weighted by atomic mass is 9.96. The molecule has 1 unspecified atom stereocenters. The van der Waals surface area contributed by atoms with E-state index in [0.717, 1.165) is 32.4 Å². The van der Waals surface area contributed by atoms with Gasteiger partial charge in [-0.05, 0) is 37.5 Å². The summed E-state index contributed by atoms with van der Waals surface area (Å²) in [4.78, 5) is 33.7. The molecule has 0 radical (unpaired) electrons. The van der Waals surface area contributed by atoms with Crippen LogP contribution in [0.4, 0.5) is 0 Å². The van der Waals surface area contributed by atoms with Crippen LogP contribution in [0, 0.1) is 0 Å². The predicted molar refractivity (Wildman–Crippen MR) is 122 cm³/mol. The molecule has 1 atom stereocenters. The zero-order chi connectivity index (χ0) is 22.9.